The molecule has 0 spiro atoms. The number of benzene rings is 1. The molecule has 1 saturated heterocycles. The van der Waals surface area contributed by atoms with E-state index >= 15 is 0 Å². The molecule has 8 nitrogen and oxygen atoms in total. The number of thioether (sulfide) groups is 1. The smallest absolute Gasteiger partial charge is 0.257 e. The quantitative estimate of drug-likeness (QED) is 0.538. The summed E-state index contributed by atoms with van der Waals surface area (Å²) in [6.45, 7) is 4.42. The second-order valence-electron chi connectivity index (χ2n) is 9.24. The van der Waals surface area contributed by atoms with Crippen LogP contribution in [0.2, 0.25) is 0 Å². The number of aliphatic hydroxyl groups is 1. The van der Waals surface area contributed by atoms with Crippen molar-refractivity contribution < 1.29 is 14.3 Å². The lowest BCUT2D eigenvalue weighted by Gasteiger charge is -2.35. The van der Waals surface area contributed by atoms with Crippen LogP contribution in [0.3, 0.4) is 0 Å². The molecule has 2 N–H and O–H groups in total. The molecule has 5 rings (SSSR count). The number of nitrogens with one attached hydrogen (secondary N) is 1. The average Bonchev–Trinajstić information content (AvgIpc) is 3.50. The molecule has 184 valence electrons. The first-order valence-electron chi connectivity index (χ1n) is 11.3. The Labute approximate surface area is 215 Å². The molecular formula is C25H23FN6O2S2. The molecular weight excluding hydrogens is 499 g/mol. The van der Waals surface area contributed by atoms with E-state index in [9.17, 15) is 19.6 Å². The molecule has 2 aliphatic rings. The molecule has 2 aromatic heterocycles. The number of anilines is 1. The highest BCUT2D eigenvalue weighted by Crippen LogP contribution is 2.53. The molecule has 2 aliphatic heterocycles. The highest BCUT2D eigenvalue weighted by Gasteiger charge is 2.53. The van der Waals surface area contributed by atoms with Gasteiger partial charge in [-0.05, 0) is 38.1 Å². The summed E-state index contributed by atoms with van der Waals surface area (Å²) < 4.78 is 13.8. The number of carbonyl (C=O) groups excluding carboxylic acids is 1. The molecule has 3 aromatic rings. The van der Waals surface area contributed by atoms with Crippen LogP contribution in [0.4, 0.5) is 10.3 Å². The normalized spacial score (nSPS) is 21.5. The van der Waals surface area contributed by atoms with Crippen LogP contribution in [0, 0.1) is 23.1 Å². The summed E-state index contributed by atoms with van der Waals surface area (Å²) >= 11 is 2.87. The highest BCUT2D eigenvalue weighted by molar-refractivity contribution is 8.14. The topological polar surface area (TPSA) is 115 Å². The van der Waals surface area contributed by atoms with Gasteiger partial charge in [0.2, 0.25) is 5.95 Å². The van der Waals surface area contributed by atoms with Crippen LogP contribution < -0.4 is 10.2 Å². The number of fused-ring (bicyclic) bond motifs is 1. The third-order valence-electron chi connectivity index (χ3n) is 6.24. The van der Waals surface area contributed by atoms with Gasteiger partial charge in [-0.25, -0.2) is 14.4 Å². The third-order valence-corrected chi connectivity index (χ3v) is 9.01. The first-order chi connectivity index (χ1) is 17.2. The van der Waals surface area contributed by atoms with E-state index in [0.29, 0.717) is 41.2 Å². The van der Waals surface area contributed by atoms with Crippen molar-refractivity contribution in [3.05, 3.63) is 75.5 Å². The van der Waals surface area contributed by atoms with Crippen molar-refractivity contribution in [2.45, 2.75) is 24.2 Å². The Balaban J connectivity index is 1.47. The SMILES string of the molecule is CC(C)(O)c1nc(N2C[C@@H]3CN=C(NC(=O)c4ccccc4)S[C@@]3(c3ccc(C#N)s3)C2)ncc1F. The van der Waals surface area contributed by atoms with Crippen molar-refractivity contribution >= 4 is 40.1 Å². The fourth-order valence-electron chi connectivity index (χ4n) is 4.48. The first kappa shape index (κ1) is 24.4. The van der Waals surface area contributed by atoms with Gasteiger partial charge in [0.15, 0.2) is 11.0 Å². The molecule has 0 bridgehead atoms. The summed E-state index contributed by atoms with van der Waals surface area (Å²) in [4.78, 5) is 29.6. The molecule has 2 atom stereocenters. The number of nitrogens with zero attached hydrogens (tertiary/aromatic N) is 5. The summed E-state index contributed by atoms with van der Waals surface area (Å²) in [6.07, 6.45) is 1.08. The van der Waals surface area contributed by atoms with Gasteiger partial charge in [0.05, 0.1) is 10.9 Å². The molecule has 0 aliphatic carbocycles. The number of hydrogen-bond donors (Lipinski definition) is 2. The van der Waals surface area contributed by atoms with E-state index in [1.165, 1.54) is 36.9 Å². The Bertz CT molecular complexity index is 1380. The van der Waals surface area contributed by atoms with Crippen molar-refractivity contribution in [1.29, 1.82) is 5.26 Å². The van der Waals surface area contributed by atoms with E-state index in [1.807, 2.05) is 17.0 Å². The second-order valence-corrected chi connectivity index (χ2v) is 11.6. The molecule has 4 heterocycles. The monoisotopic (exact) mass is 522 g/mol. The van der Waals surface area contributed by atoms with Gasteiger partial charge in [0, 0.05) is 36.0 Å². The molecule has 11 heteroatoms. The summed E-state index contributed by atoms with van der Waals surface area (Å²) in [5.74, 6) is -0.567. The number of nitriles is 1. The van der Waals surface area contributed by atoms with Gasteiger partial charge in [0.25, 0.3) is 5.91 Å². The van der Waals surface area contributed by atoms with Crippen LogP contribution in [0.5, 0.6) is 0 Å². The minimum atomic E-state index is -1.46. The Morgan fingerprint density at radius 1 is 1.31 bits per heavy atom. The lowest BCUT2D eigenvalue weighted by molar-refractivity contribution is 0.0693. The van der Waals surface area contributed by atoms with Gasteiger partial charge in [-0.1, -0.05) is 30.0 Å². The predicted molar refractivity (Wildman–Crippen MR) is 137 cm³/mol. The molecule has 0 unspecified atom stereocenters. The second kappa shape index (κ2) is 9.28. The van der Waals surface area contributed by atoms with Crippen molar-refractivity contribution in [1.82, 2.24) is 15.3 Å². The molecule has 1 fully saturated rings. The van der Waals surface area contributed by atoms with Crippen LogP contribution >= 0.6 is 23.1 Å². The lowest BCUT2D eigenvalue weighted by atomic mass is 9.93. The van der Waals surface area contributed by atoms with Gasteiger partial charge in [0.1, 0.15) is 22.2 Å². The van der Waals surface area contributed by atoms with Crippen molar-refractivity contribution in [3.8, 4) is 6.07 Å². The zero-order valence-electron chi connectivity index (χ0n) is 19.6. The number of hydrogen-bond acceptors (Lipinski definition) is 9. The maximum Gasteiger partial charge on any atom is 0.257 e. The number of aromatic nitrogens is 2. The fourth-order valence-corrected chi connectivity index (χ4v) is 7.02. The van der Waals surface area contributed by atoms with Gasteiger partial charge < -0.3 is 15.3 Å². The third kappa shape index (κ3) is 4.48. The fraction of sp³-hybridized carbons (Fsp3) is 0.320. The molecule has 0 radical (unpaired) electrons. The minimum absolute atomic E-state index is 0.0318. The number of amidine groups is 1. The Morgan fingerprint density at radius 2 is 2.08 bits per heavy atom. The van der Waals surface area contributed by atoms with Gasteiger partial charge in [-0.2, -0.15) is 5.26 Å². The van der Waals surface area contributed by atoms with E-state index in [1.54, 1.807) is 30.3 Å². The van der Waals surface area contributed by atoms with Gasteiger partial charge >= 0.3 is 0 Å². The van der Waals surface area contributed by atoms with Crippen LogP contribution in [0.15, 0.2) is 53.7 Å². The van der Waals surface area contributed by atoms with E-state index < -0.39 is 16.2 Å². The van der Waals surface area contributed by atoms with Crippen molar-refractivity contribution in [2.75, 3.05) is 24.5 Å². The van der Waals surface area contributed by atoms with Gasteiger partial charge in [-0.3, -0.25) is 9.79 Å². The van der Waals surface area contributed by atoms with E-state index in [0.717, 1.165) is 11.1 Å². The van der Waals surface area contributed by atoms with Gasteiger partial charge in [-0.15, -0.1) is 11.3 Å². The van der Waals surface area contributed by atoms with E-state index in [-0.39, 0.29) is 17.5 Å². The zero-order valence-corrected chi connectivity index (χ0v) is 21.2. The Hall–Kier alpha value is -3.33. The summed E-state index contributed by atoms with van der Waals surface area (Å²) in [5.41, 5.74) is -1.00. The molecule has 1 aromatic carbocycles. The number of aliphatic imine (C=N–C) groups is 1. The minimum Gasteiger partial charge on any atom is -0.384 e. The van der Waals surface area contributed by atoms with Crippen molar-refractivity contribution in [3.63, 3.8) is 0 Å². The zero-order chi connectivity index (χ0) is 25.5. The predicted octanol–water partition coefficient (Wildman–Crippen LogP) is 3.64. The molecule has 0 saturated carbocycles. The highest BCUT2D eigenvalue weighted by atomic mass is 32.2. The van der Waals surface area contributed by atoms with Crippen LogP contribution in [-0.4, -0.2) is 45.8 Å². The standard InChI is InChI=1S/C25H23FN6O2S2/c1-24(2,34)20-18(26)12-28-22(30-20)32-13-16-11-29-23(31-21(33)15-6-4-3-5-7-15)36-25(16,14-32)19-9-8-17(10-27)35-19/h3-9,12,16,34H,11,13-14H2,1-2H3,(H,29,31,33)/t16-,25-/m0/s1. The van der Waals surface area contributed by atoms with Crippen LogP contribution in [0.1, 0.15) is 39.7 Å². The summed E-state index contributed by atoms with van der Waals surface area (Å²) in [7, 11) is 0. The summed E-state index contributed by atoms with van der Waals surface area (Å²) in [5, 5.41) is 23.2. The number of carbonyl (C=O) groups is 1. The van der Waals surface area contributed by atoms with Crippen LogP contribution in [0.25, 0.3) is 0 Å². The number of thiophene rings is 1. The van der Waals surface area contributed by atoms with Crippen LogP contribution in [-0.2, 0) is 10.3 Å². The van der Waals surface area contributed by atoms with Crippen molar-refractivity contribution in [2.24, 2.45) is 10.9 Å². The number of rotatable bonds is 4. The van der Waals surface area contributed by atoms with E-state index in [4.69, 9.17) is 0 Å². The largest absolute Gasteiger partial charge is 0.384 e. The molecule has 1 amide bonds. The first-order valence-corrected chi connectivity index (χ1v) is 12.9. The number of amides is 1. The Kier molecular flexibility index (Phi) is 6.28. The lowest BCUT2D eigenvalue weighted by Crippen LogP contribution is -2.42. The maximum absolute atomic E-state index is 14.3. The number of halogens is 1. The maximum atomic E-state index is 14.3. The van der Waals surface area contributed by atoms with E-state index in [2.05, 4.69) is 26.3 Å². The Morgan fingerprint density at radius 3 is 2.78 bits per heavy atom. The molecule has 36 heavy (non-hydrogen) atoms. The summed E-state index contributed by atoms with van der Waals surface area (Å²) in [6, 6.07) is 14.9. The average molecular weight is 523 g/mol.